The minimum atomic E-state index is -0.942. The molecule has 24 heavy (non-hydrogen) atoms. The predicted molar refractivity (Wildman–Crippen MR) is 101 cm³/mol. The first-order valence-electron chi connectivity index (χ1n) is 8.47. The van der Waals surface area contributed by atoms with Crippen LogP contribution in [0.5, 0.6) is 0 Å². The molecular weight excluding hydrogens is 296 g/mol. The Morgan fingerprint density at radius 3 is 2.42 bits per heavy atom. The van der Waals surface area contributed by atoms with Gasteiger partial charge in [-0.3, -0.25) is 0 Å². The summed E-state index contributed by atoms with van der Waals surface area (Å²) in [6.07, 6.45) is 8.52. The van der Waals surface area contributed by atoms with Crippen molar-refractivity contribution in [1.29, 1.82) is 0 Å². The molecule has 0 atom stereocenters. The Morgan fingerprint density at radius 2 is 1.83 bits per heavy atom. The fraction of sp³-hybridized carbons (Fsp3) is 0.409. The largest absolute Gasteiger partial charge is 0.478 e. The van der Waals surface area contributed by atoms with Crippen molar-refractivity contribution < 1.29 is 9.90 Å². The van der Waals surface area contributed by atoms with Crippen molar-refractivity contribution in [2.45, 2.75) is 58.3 Å². The van der Waals surface area contributed by atoms with E-state index in [9.17, 15) is 4.79 Å². The molecule has 0 saturated heterocycles. The highest BCUT2D eigenvalue weighted by atomic mass is 16.4. The van der Waals surface area contributed by atoms with Gasteiger partial charge < -0.3 is 5.11 Å². The summed E-state index contributed by atoms with van der Waals surface area (Å²) in [5.41, 5.74) is 6.55. The second-order valence-corrected chi connectivity index (χ2v) is 8.27. The number of rotatable bonds is 4. The number of carboxylic acid groups (broad SMARTS) is 1. The lowest BCUT2D eigenvalue weighted by Crippen LogP contribution is -2.17. The smallest absolute Gasteiger partial charge is 0.328 e. The molecule has 0 fully saturated rings. The first-order valence-corrected chi connectivity index (χ1v) is 8.47. The Balaban J connectivity index is 2.48. The number of benzene rings is 1. The van der Waals surface area contributed by atoms with Crippen LogP contribution < -0.4 is 0 Å². The van der Waals surface area contributed by atoms with Gasteiger partial charge in [0, 0.05) is 6.08 Å². The van der Waals surface area contributed by atoms with Gasteiger partial charge in [0.15, 0.2) is 0 Å². The van der Waals surface area contributed by atoms with Crippen LogP contribution in [0.3, 0.4) is 0 Å². The molecule has 1 aliphatic carbocycles. The molecular formula is C22H28O2. The van der Waals surface area contributed by atoms with E-state index in [1.54, 1.807) is 6.08 Å². The minimum absolute atomic E-state index is 0.0790. The molecule has 0 amide bonds. The van der Waals surface area contributed by atoms with Crippen LogP contribution in [-0.2, 0) is 22.0 Å². The molecule has 2 nitrogen and oxygen atoms in total. The molecule has 2 rings (SSSR count). The van der Waals surface area contributed by atoms with Crippen molar-refractivity contribution in [2.24, 2.45) is 0 Å². The van der Waals surface area contributed by atoms with E-state index >= 15 is 0 Å². The number of hydrogen-bond acceptors (Lipinski definition) is 1. The van der Waals surface area contributed by atoms with Crippen LogP contribution in [0.1, 0.15) is 63.3 Å². The van der Waals surface area contributed by atoms with Gasteiger partial charge in [0.25, 0.3) is 0 Å². The summed E-state index contributed by atoms with van der Waals surface area (Å²) in [4.78, 5) is 10.6. The lowest BCUT2D eigenvalue weighted by Gasteiger charge is -2.26. The molecule has 1 aromatic rings. The Bertz CT molecular complexity index is 725. The van der Waals surface area contributed by atoms with Crippen LogP contribution in [-0.4, -0.2) is 11.1 Å². The second-order valence-electron chi connectivity index (χ2n) is 8.27. The van der Waals surface area contributed by atoms with Gasteiger partial charge in [-0.1, -0.05) is 71.6 Å². The first kappa shape index (κ1) is 18.3. The van der Waals surface area contributed by atoms with Crippen molar-refractivity contribution in [3.8, 4) is 0 Å². The monoisotopic (exact) mass is 324 g/mol. The molecule has 0 bridgehead atoms. The van der Waals surface area contributed by atoms with Gasteiger partial charge in [-0.25, -0.2) is 4.79 Å². The van der Waals surface area contributed by atoms with E-state index in [1.165, 1.54) is 28.3 Å². The van der Waals surface area contributed by atoms with Crippen molar-refractivity contribution in [2.75, 3.05) is 0 Å². The maximum absolute atomic E-state index is 10.6. The summed E-state index contributed by atoms with van der Waals surface area (Å²) in [5, 5.41) is 8.66. The summed E-state index contributed by atoms with van der Waals surface area (Å²) in [5.74, 6) is -0.942. The summed E-state index contributed by atoms with van der Waals surface area (Å²) in [6, 6.07) is 4.63. The summed E-state index contributed by atoms with van der Waals surface area (Å²) in [7, 11) is 0. The van der Waals surface area contributed by atoms with Crippen LogP contribution in [0.2, 0.25) is 0 Å². The third-order valence-corrected chi connectivity index (χ3v) is 4.84. The van der Waals surface area contributed by atoms with E-state index in [4.69, 9.17) is 5.11 Å². The molecule has 0 radical (unpaired) electrons. The highest BCUT2D eigenvalue weighted by Gasteiger charge is 2.33. The van der Waals surface area contributed by atoms with Crippen LogP contribution >= 0.6 is 0 Å². The molecule has 1 aromatic carbocycles. The fourth-order valence-electron chi connectivity index (χ4n) is 3.24. The maximum Gasteiger partial charge on any atom is 0.328 e. The topological polar surface area (TPSA) is 37.3 Å². The first-order chi connectivity index (χ1) is 11.0. The summed E-state index contributed by atoms with van der Waals surface area (Å²) < 4.78 is 0. The van der Waals surface area contributed by atoms with Crippen LogP contribution in [0, 0.1) is 0 Å². The Labute approximate surface area is 145 Å². The van der Waals surface area contributed by atoms with E-state index in [0.29, 0.717) is 0 Å². The van der Waals surface area contributed by atoms with Gasteiger partial charge in [-0.15, -0.1) is 0 Å². The molecule has 2 heteroatoms. The molecule has 0 unspecified atom stereocenters. The van der Waals surface area contributed by atoms with E-state index in [1.807, 2.05) is 6.08 Å². The Hall–Kier alpha value is -2.09. The van der Waals surface area contributed by atoms with Crippen LogP contribution in [0.25, 0.3) is 5.57 Å². The molecule has 0 heterocycles. The molecule has 0 spiro atoms. The zero-order valence-corrected chi connectivity index (χ0v) is 15.4. The maximum atomic E-state index is 10.6. The third kappa shape index (κ3) is 3.87. The number of carbonyl (C=O) groups is 1. The highest BCUT2D eigenvalue weighted by molar-refractivity contribution is 5.81. The van der Waals surface area contributed by atoms with Crippen LogP contribution in [0.4, 0.5) is 0 Å². The minimum Gasteiger partial charge on any atom is -0.478 e. The normalized spacial score (nSPS) is 16.7. The Morgan fingerprint density at radius 1 is 1.21 bits per heavy atom. The van der Waals surface area contributed by atoms with Gasteiger partial charge >= 0.3 is 5.97 Å². The standard InChI is InChI=1S/C22H28O2/c1-15(9-7-8-10-20(23)24)18-13-16(21(2,3)4)14-19-17(18)11-12-22(19,5)6/h7-10,13-14H,1,11-12H2,2-6H3,(H,23,24)/b9-7+,10-8+. The van der Waals surface area contributed by atoms with Crippen molar-refractivity contribution in [1.82, 2.24) is 0 Å². The molecule has 1 aliphatic rings. The number of hydrogen-bond donors (Lipinski definition) is 1. The summed E-state index contributed by atoms with van der Waals surface area (Å²) >= 11 is 0. The number of fused-ring (bicyclic) bond motifs is 1. The van der Waals surface area contributed by atoms with E-state index < -0.39 is 5.97 Å². The van der Waals surface area contributed by atoms with Gasteiger partial charge in [0.05, 0.1) is 0 Å². The molecule has 0 saturated carbocycles. The number of carboxylic acids is 1. The van der Waals surface area contributed by atoms with E-state index in [0.717, 1.165) is 24.5 Å². The van der Waals surface area contributed by atoms with Gasteiger partial charge in [-0.05, 0) is 51.5 Å². The van der Waals surface area contributed by atoms with Gasteiger partial charge in [-0.2, -0.15) is 0 Å². The lowest BCUT2D eigenvalue weighted by atomic mass is 9.79. The molecule has 0 aromatic heterocycles. The fourth-order valence-corrected chi connectivity index (χ4v) is 3.24. The van der Waals surface area contributed by atoms with Crippen LogP contribution in [0.15, 0.2) is 43.0 Å². The van der Waals surface area contributed by atoms with Gasteiger partial charge in [0.2, 0.25) is 0 Å². The lowest BCUT2D eigenvalue weighted by molar-refractivity contribution is -0.131. The quantitative estimate of drug-likeness (QED) is 0.593. The van der Waals surface area contributed by atoms with Crippen molar-refractivity contribution in [3.63, 3.8) is 0 Å². The summed E-state index contributed by atoms with van der Waals surface area (Å²) in [6.45, 7) is 15.5. The average molecular weight is 324 g/mol. The highest BCUT2D eigenvalue weighted by Crippen LogP contribution is 2.43. The molecule has 0 aliphatic heterocycles. The SMILES string of the molecule is C=C(/C=C/C=C/C(=O)O)c1cc(C(C)(C)C)cc2c1CCC2(C)C. The van der Waals surface area contributed by atoms with Gasteiger partial charge in [0.1, 0.15) is 0 Å². The van der Waals surface area contributed by atoms with E-state index in [2.05, 4.69) is 53.3 Å². The molecule has 1 N–H and O–H groups in total. The second kappa shape index (κ2) is 6.43. The zero-order valence-electron chi connectivity index (χ0n) is 15.4. The third-order valence-electron chi connectivity index (χ3n) is 4.84. The van der Waals surface area contributed by atoms with Crippen molar-refractivity contribution in [3.05, 3.63) is 65.3 Å². The van der Waals surface area contributed by atoms with Crippen molar-refractivity contribution >= 4 is 11.5 Å². The molecule has 128 valence electrons. The average Bonchev–Trinajstić information content (AvgIpc) is 2.77. The zero-order chi connectivity index (χ0) is 18.1. The van der Waals surface area contributed by atoms with E-state index in [-0.39, 0.29) is 10.8 Å². The number of aliphatic carboxylic acids is 1. The predicted octanol–water partition coefficient (Wildman–Crippen LogP) is 5.42. The Kier molecular flexibility index (Phi) is 4.89. The number of allylic oxidation sites excluding steroid dienone is 4.